The lowest BCUT2D eigenvalue weighted by molar-refractivity contribution is -0.130. The van der Waals surface area contributed by atoms with Crippen LogP contribution in [0, 0.1) is 0 Å². The molecule has 0 bridgehead atoms. The molecule has 9 nitrogen and oxygen atoms in total. The van der Waals surface area contributed by atoms with Gasteiger partial charge in [0.05, 0.1) is 4.90 Å². The zero-order chi connectivity index (χ0) is 18.9. The quantitative estimate of drug-likeness (QED) is 0.733. The van der Waals surface area contributed by atoms with Crippen LogP contribution in [0.2, 0.25) is 0 Å². The van der Waals surface area contributed by atoms with Gasteiger partial charge in [-0.05, 0) is 24.3 Å². The summed E-state index contributed by atoms with van der Waals surface area (Å²) >= 11 is 0. The van der Waals surface area contributed by atoms with Crippen LogP contribution in [0.5, 0.6) is 23.0 Å². The third kappa shape index (κ3) is 3.62. The van der Waals surface area contributed by atoms with Crippen molar-refractivity contribution >= 4 is 15.9 Å². The maximum atomic E-state index is 12.4. The highest BCUT2D eigenvalue weighted by molar-refractivity contribution is 7.89. The number of sulfonamides is 1. The molecule has 0 saturated carbocycles. The first-order valence-electron chi connectivity index (χ1n) is 8.13. The molecule has 10 heteroatoms. The maximum absolute atomic E-state index is 12.4. The zero-order valence-electron chi connectivity index (χ0n) is 14.0. The summed E-state index contributed by atoms with van der Waals surface area (Å²) in [6, 6.07) is 11.1. The first-order valence-corrected chi connectivity index (χ1v) is 9.61. The van der Waals surface area contributed by atoms with Gasteiger partial charge >= 0.3 is 0 Å². The van der Waals surface area contributed by atoms with Crippen LogP contribution in [-0.4, -0.2) is 40.2 Å². The van der Waals surface area contributed by atoms with E-state index in [2.05, 4.69) is 5.43 Å². The number of nitrogens with one attached hydrogen (secondary N) is 2. The van der Waals surface area contributed by atoms with Gasteiger partial charge in [-0.3, -0.25) is 10.2 Å². The summed E-state index contributed by atoms with van der Waals surface area (Å²) in [5.41, 5.74) is 2.15. The van der Waals surface area contributed by atoms with Crippen molar-refractivity contribution in [1.82, 2.24) is 10.3 Å². The second-order valence-electron chi connectivity index (χ2n) is 5.76. The third-order valence-electron chi connectivity index (χ3n) is 3.93. The molecule has 27 heavy (non-hydrogen) atoms. The number of ether oxygens (including phenoxy) is 4. The Kier molecular flexibility index (Phi) is 4.50. The largest absolute Gasteiger partial charge is 0.486 e. The van der Waals surface area contributed by atoms with E-state index in [9.17, 15) is 13.2 Å². The molecule has 2 aromatic rings. The van der Waals surface area contributed by atoms with Crippen molar-refractivity contribution in [3.8, 4) is 23.0 Å². The summed E-state index contributed by atoms with van der Waals surface area (Å²) in [6.07, 6.45) is -0.983. The summed E-state index contributed by atoms with van der Waals surface area (Å²) in [4.78, 5) is 14.2. The monoisotopic (exact) mass is 392 g/mol. The second kappa shape index (κ2) is 6.97. The van der Waals surface area contributed by atoms with Crippen molar-refractivity contribution < 1.29 is 32.2 Å². The van der Waals surface area contributed by atoms with Crippen molar-refractivity contribution in [2.75, 3.05) is 19.8 Å². The maximum Gasteiger partial charge on any atom is 0.279 e. The van der Waals surface area contributed by atoms with E-state index in [1.807, 2.05) is 4.83 Å². The topological polar surface area (TPSA) is 112 Å². The van der Waals surface area contributed by atoms with E-state index < -0.39 is 22.0 Å². The number of hydrazine groups is 1. The van der Waals surface area contributed by atoms with Crippen LogP contribution >= 0.6 is 0 Å². The Hall–Kier alpha value is -2.98. The van der Waals surface area contributed by atoms with Gasteiger partial charge in [-0.1, -0.05) is 12.1 Å². The molecular weight excluding hydrogens is 376 g/mol. The molecule has 2 heterocycles. The van der Waals surface area contributed by atoms with E-state index in [1.54, 1.807) is 24.3 Å². The van der Waals surface area contributed by atoms with Gasteiger partial charge in [0.1, 0.15) is 19.8 Å². The Morgan fingerprint density at radius 1 is 0.926 bits per heavy atom. The molecule has 142 valence electrons. The molecule has 2 aliphatic rings. The van der Waals surface area contributed by atoms with Gasteiger partial charge in [-0.25, -0.2) is 8.42 Å². The average molecular weight is 392 g/mol. The second-order valence-corrected chi connectivity index (χ2v) is 7.45. The molecule has 4 rings (SSSR count). The van der Waals surface area contributed by atoms with Crippen molar-refractivity contribution in [3.63, 3.8) is 0 Å². The summed E-state index contributed by atoms with van der Waals surface area (Å²) in [6.45, 7) is 0.704. The van der Waals surface area contributed by atoms with Crippen LogP contribution in [0.3, 0.4) is 0 Å². The van der Waals surface area contributed by atoms with E-state index in [-0.39, 0.29) is 11.5 Å². The SMILES string of the molecule is O=C(NNS(=O)(=O)c1ccc2c(c1)OCCO2)[C@@H]1COc2ccccc2O1. The lowest BCUT2D eigenvalue weighted by Gasteiger charge is -2.25. The number of hydrogen-bond donors (Lipinski definition) is 2. The summed E-state index contributed by atoms with van der Waals surface area (Å²) < 4.78 is 46.5. The van der Waals surface area contributed by atoms with Gasteiger partial charge in [0.15, 0.2) is 23.0 Å². The van der Waals surface area contributed by atoms with Gasteiger partial charge in [0.25, 0.3) is 15.9 Å². The van der Waals surface area contributed by atoms with Crippen molar-refractivity contribution in [3.05, 3.63) is 42.5 Å². The molecule has 2 aromatic carbocycles. The summed E-state index contributed by atoms with van der Waals surface area (Å²) in [5.74, 6) is 1.06. The Balaban J connectivity index is 1.41. The number of carbonyl (C=O) groups excluding carboxylic acids is 1. The predicted octanol–water partition coefficient (Wildman–Crippen LogP) is 0.607. The van der Waals surface area contributed by atoms with E-state index in [0.29, 0.717) is 36.2 Å². The molecule has 2 aliphatic heterocycles. The Morgan fingerprint density at radius 3 is 2.44 bits per heavy atom. The van der Waals surface area contributed by atoms with Gasteiger partial charge in [-0.2, -0.15) is 0 Å². The van der Waals surface area contributed by atoms with E-state index in [4.69, 9.17) is 18.9 Å². The number of para-hydroxylation sites is 2. The summed E-state index contributed by atoms with van der Waals surface area (Å²) in [5, 5.41) is 0. The third-order valence-corrected chi connectivity index (χ3v) is 5.18. The first-order chi connectivity index (χ1) is 13.0. The number of amides is 1. The first kappa shape index (κ1) is 17.4. The number of carbonyl (C=O) groups is 1. The van der Waals surface area contributed by atoms with Crippen LogP contribution in [0.1, 0.15) is 0 Å². The molecule has 2 N–H and O–H groups in total. The standard InChI is InChI=1S/C17H16N2O7S/c20-17(16-10-25-12-3-1-2-4-14(12)26-16)18-19-27(21,22)11-5-6-13-15(9-11)24-8-7-23-13/h1-6,9,16,19H,7-8,10H2,(H,18,20)/t16-/m0/s1. The number of fused-ring (bicyclic) bond motifs is 2. The van der Waals surface area contributed by atoms with Crippen molar-refractivity contribution in [1.29, 1.82) is 0 Å². The molecule has 0 unspecified atom stereocenters. The molecule has 0 saturated heterocycles. The van der Waals surface area contributed by atoms with Crippen LogP contribution in [0.25, 0.3) is 0 Å². The van der Waals surface area contributed by atoms with Gasteiger partial charge < -0.3 is 18.9 Å². The van der Waals surface area contributed by atoms with Crippen LogP contribution in [0.15, 0.2) is 47.4 Å². The smallest absolute Gasteiger partial charge is 0.279 e. The highest BCUT2D eigenvalue weighted by Crippen LogP contribution is 2.32. The minimum absolute atomic E-state index is 0.0331. The molecule has 0 aromatic heterocycles. The van der Waals surface area contributed by atoms with E-state index >= 15 is 0 Å². The lowest BCUT2D eigenvalue weighted by atomic mass is 10.2. The fourth-order valence-corrected chi connectivity index (χ4v) is 3.46. The van der Waals surface area contributed by atoms with Crippen LogP contribution < -0.4 is 29.2 Å². The Bertz CT molecular complexity index is 977. The van der Waals surface area contributed by atoms with Crippen LogP contribution in [0.4, 0.5) is 0 Å². The highest BCUT2D eigenvalue weighted by atomic mass is 32.2. The predicted molar refractivity (Wildman–Crippen MR) is 92.2 cm³/mol. The number of hydrogen-bond acceptors (Lipinski definition) is 7. The fraction of sp³-hybridized carbons (Fsp3) is 0.235. The molecule has 0 aliphatic carbocycles. The van der Waals surface area contributed by atoms with Crippen molar-refractivity contribution in [2.24, 2.45) is 0 Å². The summed E-state index contributed by atoms with van der Waals surface area (Å²) in [7, 11) is -4.00. The van der Waals surface area contributed by atoms with Gasteiger partial charge in [0, 0.05) is 6.07 Å². The minimum atomic E-state index is -4.00. The minimum Gasteiger partial charge on any atom is -0.486 e. The van der Waals surface area contributed by atoms with E-state index in [0.717, 1.165) is 0 Å². The molecular formula is C17H16N2O7S. The Morgan fingerprint density at radius 2 is 1.63 bits per heavy atom. The molecule has 0 fully saturated rings. The van der Waals surface area contributed by atoms with Gasteiger partial charge in [0.2, 0.25) is 6.10 Å². The zero-order valence-corrected chi connectivity index (χ0v) is 14.8. The van der Waals surface area contributed by atoms with Crippen LogP contribution in [-0.2, 0) is 14.8 Å². The highest BCUT2D eigenvalue weighted by Gasteiger charge is 2.28. The molecule has 0 spiro atoms. The lowest BCUT2D eigenvalue weighted by Crippen LogP contribution is -2.50. The van der Waals surface area contributed by atoms with Gasteiger partial charge in [-0.15, -0.1) is 4.83 Å². The number of rotatable bonds is 4. The number of benzene rings is 2. The molecule has 0 radical (unpaired) electrons. The normalized spacial score (nSPS) is 17.9. The van der Waals surface area contributed by atoms with Crippen molar-refractivity contribution in [2.45, 2.75) is 11.0 Å². The Labute approximate surface area is 155 Å². The molecule has 1 atom stereocenters. The fourth-order valence-electron chi connectivity index (χ4n) is 2.60. The average Bonchev–Trinajstić information content (AvgIpc) is 2.71. The van der Waals surface area contributed by atoms with E-state index in [1.165, 1.54) is 18.2 Å². The molecule has 1 amide bonds.